The van der Waals surface area contributed by atoms with Gasteiger partial charge in [-0.25, -0.2) is 0 Å². The van der Waals surface area contributed by atoms with E-state index in [2.05, 4.69) is 31.0 Å². The van der Waals surface area contributed by atoms with Gasteiger partial charge in [0, 0.05) is 39.4 Å². The molecule has 1 aliphatic rings. The van der Waals surface area contributed by atoms with Crippen molar-refractivity contribution in [2.45, 2.75) is 57.9 Å². The molecule has 108 valence electrons. The quantitative estimate of drug-likeness (QED) is 0.669. The molecule has 1 heterocycles. The van der Waals surface area contributed by atoms with Gasteiger partial charge in [-0.2, -0.15) is 0 Å². The van der Waals surface area contributed by atoms with E-state index in [0.717, 1.165) is 19.6 Å². The van der Waals surface area contributed by atoms with E-state index >= 15 is 0 Å². The maximum absolute atomic E-state index is 5.47. The largest absolute Gasteiger partial charge is 0.377 e. The normalized spacial score (nSPS) is 27.0. The first-order chi connectivity index (χ1) is 8.58. The minimum absolute atomic E-state index is 0.228. The minimum Gasteiger partial charge on any atom is -0.377 e. The van der Waals surface area contributed by atoms with Crippen molar-refractivity contribution in [1.29, 1.82) is 0 Å². The lowest BCUT2D eigenvalue weighted by Gasteiger charge is -2.24. The fourth-order valence-electron chi connectivity index (χ4n) is 2.56. The van der Waals surface area contributed by atoms with Crippen LogP contribution in [0.5, 0.6) is 0 Å². The SMILES string of the molecule is COC1CN(C(C)CCCNC(C)C)CC1OC. The van der Waals surface area contributed by atoms with E-state index in [-0.39, 0.29) is 12.2 Å². The summed E-state index contributed by atoms with van der Waals surface area (Å²) < 4.78 is 10.9. The Balaban J connectivity index is 2.24. The summed E-state index contributed by atoms with van der Waals surface area (Å²) in [7, 11) is 3.55. The molecule has 0 radical (unpaired) electrons. The third-order valence-electron chi connectivity index (χ3n) is 3.82. The van der Waals surface area contributed by atoms with E-state index in [9.17, 15) is 0 Å². The molecule has 1 aliphatic heterocycles. The second-order valence-electron chi connectivity index (χ2n) is 5.60. The van der Waals surface area contributed by atoms with Crippen molar-refractivity contribution in [2.24, 2.45) is 0 Å². The molecule has 0 aromatic carbocycles. The highest BCUT2D eigenvalue weighted by Gasteiger charge is 2.34. The number of methoxy groups -OCH3 is 2. The van der Waals surface area contributed by atoms with Gasteiger partial charge in [-0.1, -0.05) is 13.8 Å². The lowest BCUT2D eigenvalue weighted by atomic mass is 10.1. The van der Waals surface area contributed by atoms with E-state index in [1.54, 1.807) is 14.2 Å². The molecule has 1 fully saturated rings. The molecule has 3 unspecified atom stereocenters. The van der Waals surface area contributed by atoms with Crippen LogP contribution in [0, 0.1) is 0 Å². The molecule has 0 aromatic heterocycles. The minimum atomic E-state index is 0.228. The van der Waals surface area contributed by atoms with Crippen LogP contribution in [0.2, 0.25) is 0 Å². The molecule has 0 saturated carbocycles. The number of hydrogen-bond acceptors (Lipinski definition) is 4. The van der Waals surface area contributed by atoms with Gasteiger partial charge in [0.25, 0.3) is 0 Å². The Kier molecular flexibility index (Phi) is 7.15. The average Bonchev–Trinajstić information content (AvgIpc) is 2.77. The second-order valence-corrected chi connectivity index (χ2v) is 5.60. The number of rotatable bonds is 8. The van der Waals surface area contributed by atoms with Crippen LogP contribution in [0.1, 0.15) is 33.6 Å². The van der Waals surface area contributed by atoms with Crippen molar-refractivity contribution in [3.63, 3.8) is 0 Å². The molecule has 0 bridgehead atoms. The fraction of sp³-hybridized carbons (Fsp3) is 1.00. The molecule has 4 heteroatoms. The van der Waals surface area contributed by atoms with Gasteiger partial charge in [-0.15, -0.1) is 0 Å². The maximum atomic E-state index is 5.47. The Morgan fingerprint density at radius 3 is 2.11 bits per heavy atom. The van der Waals surface area contributed by atoms with Gasteiger partial charge in [0.15, 0.2) is 0 Å². The van der Waals surface area contributed by atoms with E-state index in [1.165, 1.54) is 12.8 Å². The second kappa shape index (κ2) is 8.10. The Morgan fingerprint density at radius 1 is 1.11 bits per heavy atom. The molecule has 3 atom stereocenters. The van der Waals surface area contributed by atoms with Crippen LogP contribution in [-0.2, 0) is 9.47 Å². The highest BCUT2D eigenvalue weighted by molar-refractivity contribution is 4.88. The predicted molar refractivity (Wildman–Crippen MR) is 75.0 cm³/mol. The van der Waals surface area contributed by atoms with Gasteiger partial charge >= 0.3 is 0 Å². The average molecular weight is 258 g/mol. The summed E-state index contributed by atoms with van der Waals surface area (Å²) in [4.78, 5) is 2.48. The molecule has 4 nitrogen and oxygen atoms in total. The summed E-state index contributed by atoms with van der Waals surface area (Å²) >= 11 is 0. The molecular formula is C14H30N2O2. The Morgan fingerprint density at radius 2 is 1.67 bits per heavy atom. The molecule has 0 spiro atoms. The standard InChI is InChI=1S/C14H30N2O2/c1-11(2)15-8-6-7-12(3)16-9-13(17-4)14(10-16)18-5/h11-15H,6-10H2,1-5H3. The topological polar surface area (TPSA) is 33.7 Å². The lowest BCUT2D eigenvalue weighted by Crippen LogP contribution is -2.33. The first-order valence-corrected chi connectivity index (χ1v) is 7.11. The van der Waals surface area contributed by atoms with Gasteiger partial charge in [0.2, 0.25) is 0 Å². The molecular weight excluding hydrogens is 228 g/mol. The number of nitrogens with zero attached hydrogens (tertiary/aromatic N) is 1. The number of nitrogens with one attached hydrogen (secondary N) is 1. The molecule has 0 aromatic rings. The first-order valence-electron chi connectivity index (χ1n) is 7.11. The molecule has 1 saturated heterocycles. The highest BCUT2D eigenvalue weighted by atomic mass is 16.5. The van der Waals surface area contributed by atoms with Crippen molar-refractivity contribution < 1.29 is 9.47 Å². The van der Waals surface area contributed by atoms with Crippen LogP contribution in [-0.4, -0.2) is 63.0 Å². The van der Waals surface area contributed by atoms with Crippen molar-refractivity contribution >= 4 is 0 Å². The summed E-state index contributed by atoms with van der Waals surface area (Å²) in [5.41, 5.74) is 0. The monoisotopic (exact) mass is 258 g/mol. The van der Waals surface area contributed by atoms with Crippen molar-refractivity contribution in [3.05, 3.63) is 0 Å². The van der Waals surface area contributed by atoms with Crippen molar-refractivity contribution in [2.75, 3.05) is 33.9 Å². The third kappa shape index (κ3) is 4.84. The van der Waals surface area contributed by atoms with E-state index < -0.39 is 0 Å². The van der Waals surface area contributed by atoms with Gasteiger partial charge < -0.3 is 14.8 Å². The van der Waals surface area contributed by atoms with Crippen LogP contribution in [0.4, 0.5) is 0 Å². The molecule has 0 aliphatic carbocycles. The lowest BCUT2D eigenvalue weighted by molar-refractivity contribution is -0.00461. The zero-order valence-corrected chi connectivity index (χ0v) is 12.6. The highest BCUT2D eigenvalue weighted by Crippen LogP contribution is 2.19. The van der Waals surface area contributed by atoms with Crippen LogP contribution < -0.4 is 5.32 Å². The summed E-state index contributed by atoms with van der Waals surface area (Å²) in [5.74, 6) is 0. The molecule has 1 rings (SSSR count). The van der Waals surface area contributed by atoms with Gasteiger partial charge in [-0.3, -0.25) is 4.90 Å². The number of ether oxygens (including phenoxy) is 2. The first kappa shape index (κ1) is 15.9. The molecule has 1 N–H and O–H groups in total. The molecule has 18 heavy (non-hydrogen) atoms. The van der Waals surface area contributed by atoms with Gasteiger partial charge in [0.1, 0.15) is 0 Å². The Labute approximate surface area is 112 Å². The number of likely N-dealkylation sites (tertiary alicyclic amines) is 1. The predicted octanol–water partition coefficient (Wildman–Crippen LogP) is 1.50. The van der Waals surface area contributed by atoms with E-state index in [4.69, 9.17) is 9.47 Å². The molecule has 0 amide bonds. The summed E-state index contributed by atoms with van der Waals surface area (Å²) in [6.45, 7) is 9.78. The zero-order valence-electron chi connectivity index (χ0n) is 12.6. The van der Waals surface area contributed by atoms with Crippen LogP contribution in [0.15, 0.2) is 0 Å². The van der Waals surface area contributed by atoms with Gasteiger partial charge in [0.05, 0.1) is 12.2 Å². The summed E-state index contributed by atoms with van der Waals surface area (Å²) in [6, 6.07) is 1.19. The summed E-state index contributed by atoms with van der Waals surface area (Å²) in [6.07, 6.45) is 2.91. The third-order valence-corrected chi connectivity index (χ3v) is 3.82. The fourth-order valence-corrected chi connectivity index (χ4v) is 2.56. The summed E-state index contributed by atoms with van der Waals surface area (Å²) in [5, 5.41) is 3.46. The smallest absolute Gasteiger partial charge is 0.0971 e. The maximum Gasteiger partial charge on any atom is 0.0971 e. The van der Waals surface area contributed by atoms with Crippen molar-refractivity contribution in [3.8, 4) is 0 Å². The van der Waals surface area contributed by atoms with Gasteiger partial charge in [-0.05, 0) is 26.3 Å². The Bertz CT molecular complexity index is 212. The zero-order chi connectivity index (χ0) is 13.5. The van der Waals surface area contributed by atoms with E-state index in [1.807, 2.05) is 0 Å². The van der Waals surface area contributed by atoms with Crippen LogP contribution in [0.25, 0.3) is 0 Å². The van der Waals surface area contributed by atoms with E-state index in [0.29, 0.717) is 12.1 Å². The van der Waals surface area contributed by atoms with Crippen LogP contribution >= 0.6 is 0 Å². The van der Waals surface area contributed by atoms with Crippen LogP contribution in [0.3, 0.4) is 0 Å². The Hall–Kier alpha value is -0.160. The number of hydrogen-bond donors (Lipinski definition) is 1. The van der Waals surface area contributed by atoms with Crippen molar-refractivity contribution in [1.82, 2.24) is 10.2 Å².